The zero-order chi connectivity index (χ0) is 21.2. The molecule has 0 bridgehead atoms. The van der Waals surface area contributed by atoms with Gasteiger partial charge >= 0.3 is 5.97 Å². The number of thiocarbonyl (C=S) groups is 1. The SMILES string of the molecule is COC(=O)c1cc(NC(=S)NC2CC(C)(C)Oc3cc(OC)ccc32)ccc1Cl. The highest BCUT2D eigenvalue weighted by atomic mass is 35.5. The van der Waals surface area contributed by atoms with Gasteiger partial charge < -0.3 is 24.8 Å². The van der Waals surface area contributed by atoms with Gasteiger partial charge in [-0.2, -0.15) is 0 Å². The number of nitrogens with one attached hydrogen (secondary N) is 2. The summed E-state index contributed by atoms with van der Waals surface area (Å²) in [6, 6.07) is 10.7. The Morgan fingerprint density at radius 1 is 1.24 bits per heavy atom. The molecule has 1 atom stereocenters. The predicted molar refractivity (Wildman–Crippen MR) is 117 cm³/mol. The summed E-state index contributed by atoms with van der Waals surface area (Å²) >= 11 is 11.6. The quantitative estimate of drug-likeness (QED) is 0.532. The summed E-state index contributed by atoms with van der Waals surface area (Å²) in [5, 5.41) is 7.19. The highest BCUT2D eigenvalue weighted by molar-refractivity contribution is 7.80. The largest absolute Gasteiger partial charge is 0.497 e. The Balaban J connectivity index is 1.78. The Kier molecular flexibility index (Phi) is 6.19. The smallest absolute Gasteiger partial charge is 0.339 e. The van der Waals surface area contributed by atoms with Crippen molar-refractivity contribution in [3.63, 3.8) is 0 Å². The molecule has 2 aromatic carbocycles. The van der Waals surface area contributed by atoms with Crippen molar-refractivity contribution in [3.05, 3.63) is 52.5 Å². The summed E-state index contributed by atoms with van der Waals surface area (Å²) in [6.07, 6.45) is 0.724. The minimum atomic E-state index is -0.508. The van der Waals surface area contributed by atoms with E-state index in [2.05, 4.69) is 10.6 Å². The minimum Gasteiger partial charge on any atom is -0.497 e. The average Bonchev–Trinajstić information content (AvgIpc) is 2.67. The number of rotatable bonds is 4. The van der Waals surface area contributed by atoms with Crippen molar-refractivity contribution >= 4 is 40.6 Å². The Morgan fingerprint density at radius 2 is 2.00 bits per heavy atom. The lowest BCUT2D eigenvalue weighted by Gasteiger charge is -2.38. The molecule has 6 nitrogen and oxygen atoms in total. The summed E-state index contributed by atoms with van der Waals surface area (Å²) in [5.41, 5.74) is 1.53. The van der Waals surface area contributed by atoms with Crippen LogP contribution in [0, 0.1) is 0 Å². The van der Waals surface area contributed by atoms with E-state index in [0.717, 1.165) is 23.5 Å². The van der Waals surface area contributed by atoms with Crippen molar-refractivity contribution < 1.29 is 19.0 Å². The van der Waals surface area contributed by atoms with Crippen molar-refractivity contribution in [1.82, 2.24) is 5.32 Å². The molecule has 2 N–H and O–H groups in total. The maximum absolute atomic E-state index is 11.8. The zero-order valence-electron chi connectivity index (χ0n) is 16.7. The molecule has 8 heteroatoms. The van der Waals surface area contributed by atoms with Crippen LogP contribution in [-0.2, 0) is 4.74 Å². The number of hydrogen-bond acceptors (Lipinski definition) is 5. The molecule has 0 aliphatic carbocycles. The van der Waals surface area contributed by atoms with E-state index in [-0.39, 0.29) is 17.2 Å². The Labute approximate surface area is 180 Å². The van der Waals surface area contributed by atoms with Crippen LogP contribution in [0.25, 0.3) is 0 Å². The van der Waals surface area contributed by atoms with Gasteiger partial charge in [-0.15, -0.1) is 0 Å². The van der Waals surface area contributed by atoms with E-state index in [1.165, 1.54) is 7.11 Å². The molecule has 0 saturated carbocycles. The predicted octanol–water partition coefficient (Wildman–Crippen LogP) is 4.72. The lowest BCUT2D eigenvalue weighted by atomic mass is 9.89. The normalized spacial score (nSPS) is 16.8. The van der Waals surface area contributed by atoms with Crippen molar-refractivity contribution in [2.45, 2.75) is 31.9 Å². The average molecular weight is 435 g/mol. The topological polar surface area (TPSA) is 68.8 Å². The van der Waals surface area contributed by atoms with Crippen LogP contribution in [0.15, 0.2) is 36.4 Å². The van der Waals surface area contributed by atoms with Crippen LogP contribution in [0.2, 0.25) is 5.02 Å². The molecule has 1 heterocycles. The summed E-state index contributed by atoms with van der Waals surface area (Å²) in [4.78, 5) is 11.8. The van der Waals surface area contributed by atoms with E-state index in [9.17, 15) is 4.79 Å². The molecule has 1 unspecified atom stereocenters. The van der Waals surface area contributed by atoms with Gasteiger partial charge in [-0.1, -0.05) is 11.6 Å². The van der Waals surface area contributed by atoms with E-state index >= 15 is 0 Å². The lowest BCUT2D eigenvalue weighted by molar-refractivity contribution is 0.0600. The van der Waals surface area contributed by atoms with E-state index in [4.69, 9.17) is 38.0 Å². The molecule has 0 aromatic heterocycles. The molecule has 1 aliphatic rings. The number of methoxy groups -OCH3 is 2. The van der Waals surface area contributed by atoms with Gasteiger partial charge in [0.05, 0.1) is 30.8 Å². The fraction of sp³-hybridized carbons (Fsp3) is 0.333. The van der Waals surface area contributed by atoms with Gasteiger partial charge in [0.15, 0.2) is 5.11 Å². The first kappa shape index (κ1) is 21.2. The molecule has 3 rings (SSSR count). The first-order valence-electron chi connectivity index (χ1n) is 9.05. The Hall–Kier alpha value is -2.51. The lowest BCUT2D eigenvalue weighted by Crippen LogP contribution is -2.42. The first-order chi connectivity index (χ1) is 13.7. The van der Waals surface area contributed by atoms with Gasteiger partial charge in [0.2, 0.25) is 0 Å². The summed E-state index contributed by atoms with van der Waals surface area (Å²) in [6.45, 7) is 4.06. The second-order valence-corrected chi connectivity index (χ2v) is 8.12. The third kappa shape index (κ3) is 4.92. The van der Waals surface area contributed by atoms with Crippen LogP contribution in [0.5, 0.6) is 11.5 Å². The molecule has 1 aliphatic heterocycles. The summed E-state index contributed by atoms with van der Waals surface area (Å²) in [7, 11) is 2.93. The van der Waals surface area contributed by atoms with Crippen molar-refractivity contribution in [2.75, 3.05) is 19.5 Å². The summed E-state index contributed by atoms with van der Waals surface area (Å²) in [5.74, 6) is 0.990. The fourth-order valence-electron chi connectivity index (χ4n) is 3.28. The Bertz CT molecular complexity index is 948. The zero-order valence-corrected chi connectivity index (χ0v) is 18.2. The maximum Gasteiger partial charge on any atom is 0.339 e. The number of benzene rings is 2. The van der Waals surface area contributed by atoms with Crippen molar-refractivity contribution in [2.24, 2.45) is 0 Å². The number of fused-ring (bicyclic) bond motifs is 1. The van der Waals surface area contributed by atoms with Crippen LogP contribution in [0.1, 0.15) is 42.2 Å². The second-order valence-electron chi connectivity index (χ2n) is 7.31. The van der Waals surface area contributed by atoms with Gasteiger partial charge in [-0.3, -0.25) is 0 Å². The molecule has 0 spiro atoms. The van der Waals surface area contributed by atoms with Crippen molar-refractivity contribution in [1.29, 1.82) is 0 Å². The van der Waals surface area contributed by atoms with Crippen LogP contribution in [0.3, 0.4) is 0 Å². The fourth-order valence-corrected chi connectivity index (χ4v) is 3.74. The number of carbonyl (C=O) groups excluding carboxylic acids is 1. The van der Waals surface area contributed by atoms with Gasteiger partial charge in [0.25, 0.3) is 0 Å². The maximum atomic E-state index is 11.8. The monoisotopic (exact) mass is 434 g/mol. The van der Waals surface area contributed by atoms with Crippen LogP contribution in [-0.4, -0.2) is 30.9 Å². The first-order valence-corrected chi connectivity index (χ1v) is 9.83. The second kappa shape index (κ2) is 8.47. The number of esters is 1. The number of carbonyl (C=O) groups is 1. The van der Waals surface area contributed by atoms with E-state index in [1.807, 2.05) is 32.0 Å². The molecule has 0 amide bonds. The van der Waals surface area contributed by atoms with Gasteiger partial charge in [-0.25, -0.2) is 4.79 Å². The molecule has 0 radical (unpaired) electrons. The van der Waals surface area contributed by atoms with E-state index in [0.29, 0.717) is 15.8 Å². The number of halogens is 1. The van der Waals surface area contributed by atoms with E-state index < -0.39 is 5.97 Å². The minimum absolute atomic E-state index is 0.0490. The molecule has 2 aromatic rings. The standard InChI is InChI=1S/C21H23ClN2O4S/c1-21(2)11-17(14-7-6-13(26-3)10-18(14)28-21)24-20(29)23-12-5-8-16(22)15(9-12)19(25)27-4/h5-10,17H,11H2,1-4H3,(H2,23,24,29). The van der Waals surface area contributed by atoms with Crippen LogP contribution < -0.4 is 20.1 Å². The van der Waals surface area contributed by atoms with Gasteiger partial charge in [-0.05, 0) is 56.4 Å². The third-order valence-electron chi connectivity index (χ3n) is 4.61. The molecule has 29 heavy (non-hydrogen) atoms. The summed E-state index contributed by atoms with van der Waals surface area (Å²) < 4.78 is 16.2. The van der Waals surface area contributed by atoms with E-state index in [1.54, 1.807) is 25.3 Å². The molecular formula is C21H23ClN2O4S. The van der Waals surface area contributed by atoms with Crippen molar-refractivity contribution in [3.8, 4) is 11.5 Å². The number of anilines is 1. The highest BCUT2D eigenvalue weighted by Gasteiger charge is 2.34. The van der Waals surface area contributed by atoms with Gasteiger partial charge in [0, 0.05) is 23.7 Å². The van der Waals surface area contributed by atoms with Crippen LogP contribution in [0.4, 0.5) is 5.69 Å². The Morgan fingerprint density at radius 3 is 2.69 bits per heavy atom. The third-order valence-corrected chi connectivity index (χ3v) is 5.16. The number of ether oxygens (including phenoxy) is 3. The van der Waals surface area contributed by atoms with Gasteiger partial charge in [0.1, 0.15) is 17.1 Å². The van der Waals surface area contributed by atoms with Crippen LogP contribution >= 0.6 is 23.8 Å². The highest BCUT2D eigenvalue weighted by Crippen LogP contribution is 2.41. The molecular weight excluding hydrogens is 412 g/mol. The molecule has 0 fully saturated rings. The molecule has 0 saturated heterocycles. The number of hydrogen-bond donors (Lipinski definition) is 2. The molecule has 154 valence electrons.